The SMILES string of the molecule is Cc1c(C)n(-c2cc3ccccc3c3ccccc23)c2cc3ccc4cc(-c5ccc6ccccc6c5)ccc4c3cc12.Cc1c(C)n(-c2ccc(-c3nc4ccccc4n3-c3ccccc3)cc2)c2cc3ccc4cc(-c5ccc6ccccc6c5)ccc4c3cc12.Cc1c(C)n(-c2ccc3ccc4cccc5ccc2c3c45)c2cc3ccc4cc(-c5ccc6c(C(C)(C)C)c7ccccc7c(C(C)(C)C)c6c5)ccc4c3cc12. The number of benzene rings is 26. The number of para-hydroxylation sites is 3. The number of rotatable bonds is 8. The van der Waals surface area contributed by atoms with Gasteiger partial charge < -0.3 is 13.7 Å². The molecule has 0 spiro atoms. The molecule has 5 nitrogen and oxygen atoms in total. The molecule has 0 N–H and O–H groups in total. The molecule has 0 unspecified atom stereocenters. The maximum Gasteiger partial charge on any atom is 0.145 e. The van der Waals surface area contributed by atoms with Crippen LogP contribution >= 0.6 is 0 Å². The van der Waals surface area contributed by atoms with E-state index in [0.717, 1.165) is 33.8 Å². The summed E-state index contributed by atoms with van der Waals surface area (Å²) in [4.78, 5) is 5.08. The van der Waals surface area contributed by atoms with Gasteiger partial charge in [-0.1, -0.05) is 351 Å². The van der Waals surface area contributed by atoms with E-state index in [4.69, 9.17) is 4.98 Å². The standard InChI is InChI=1S/C56H47N.C47H33N3.C42H29N/c1-32-33(2)57(49-27-23-36-17-16-34-12-11-13-35-20-26-45(49)52(36)51(34)35)50-30-40-19-18-39-28-37(21-24-41(39)47(40)31-46(32)50)38-22-25-44-48(29-38)54(56(6,7)8)43-15-10-9-14-42(43)53(44)55(3,4)5;1-30-31(2)49(40-23-20-33(21-24-40)47-48-44-14-8-9-15-45(44)50(47)39-12-4-3-5-13-39)46-28-38-19-18-37-27-36(22-25-41(37)43(38)29-42(30)46)35-17-16-32-10-6-7-11-34(32)26-35;1-26-27(2)43(41-23-32-11-5-6-12-35(32)37-13-7-8-14-38(37)41)42-24-34-18-17-33-22-31(19-20-36(33)40(34)25-39(26)42)30-16-15-28-9-3-4-10-29(28)21-30/h9-31H,1-8H3;3-29H,1-2H3;3-25H,1-2H3. The Morgan fingerprint density at radius 3 is 1.02 bits per heavy atom. The topological polar surface area (TPSA) is 32.6 Å². The molecule has 4 aromatic heterocycles. The molecule has 4 heterocycles. The van der Waals surface area contributed by atoms with Gasteiger partial charge in [-0.3, -0.25) is 4.57 Å². The summed E-state index contributed by atoms with van der Waals surface area (Å²) in [6, 6.07) is 164. The van der Waals surface area contributed by atoms with Crippen molar-refractivity contribution in [3.05, 3.63) is 488 Å². The molecule has 0 aliphatic heterocycles. The van der Waals surface area contributed by atoms with Crippen LogP contribution in [0.25, 0.3) is 273 Å². The maximum atomic E-state index is 5.08. The van der Waals surface area contributed by atoms with Crippen LogP contribution in [-0.2, 0) is 10.8 Å². The molecule has 30 rings (SSSR count). The summed E-state index contributed by atoms with van der Waals surface area (Å²) in [6.07, 6.45) is 0. The second kappa shape index (κ2) is 34.3. The molecule has 5 heteroatoms. The van der Waals surface area contributed by atoms with Crippen LogP contribution in [0.5, 0.6) is 0 Å². The Bertz CT molecular complexity index is 10900. The van der Waals surface area contributed by atoms with Crippen LogP contribution < -0.4 is 0 Å². The molecule has 0 fully saturated rings. The Kier molecular flexibility index (Phi) is 20.5. The summed E-state index contributed by atoms with van der Waals surface area (Å²) in [5.41, 5.74) is 29.8. The number of hydrogen-bond acceptors (Lipinski definition) is 1. The van der Waals surface area contributed by atoms with E-state index in [0.29, 0.717) is 0 Å². The van der Waals surface area contributed by atoms with Gasteiger partial charge in [-0.25, -0.2) is 4.98 Å². The highest BCUT2D eigenvalue weighted by Crippen LogP contribution is 2.50. The van der Waals surface area contributed by atoms with Crippen molar-refractivity contribution in [1.29, 1.82) is 0 Å². The van der Waals surface area contributed by atoms with Crippen molar-refractivity contribution >= 4 is 205 Å². The second-order valence-electron chi connectivity index (χ2n) is 43.8. The van der Waals surface area contributed by atoms with E-state index < -0.39 is 0 Å². The molecule has 0 atom stereocenters. The van der Waals surface area contributed by atoms with Gasteiger partial charge in [0.2, 0.25) is 0 Å². The fourth-order valence-electron chi connectivity index (χ4n) is 25.5. The van der Waals surface area contributed by atoms with E-state index in [1.165, 1.54) is 284 Å². The van der Waals surface area contributed by atoms with Crippen molar-refractivity contribution in [2.24, 2.45) is 0 Å². The zero-order valence-corrected chi connectivity index (χ0v) is 86.4. The highest BCUT2D eigenvalue weighted by Gasteiger charge is 2.30. The average Bonchev–Trinajstić information content (AvgIpc) is 1.40. The van der Waals surface area contributed by atoms with Crippen molar-refractivity contribution < 1.29 is 0 Å². The third-order valence-corrected chi connectivity index (χ3v) is 33.1. The second-order valence-corrected chi connectivity index (χ2v) is 43.8. The van der Waals surface area contributed by atoms with Gasteiger partial charge in [-0.2, -0.15) is 0 Å². The van der Waals surface area contributed by atoms with Crippen LogP contribution in [0.1, 0.15) is 86.4 Å². The third kappa shape index (κ3) is 14.4. The fourth-order valence-corrected chi connectivity index (χ4v) is 25.5. The minimum atomic E-state index is -0.0179. The largest absolute Gasteiger partial charge is 0.314 e. The number of imidazole rings is 1. The molecular formula is C145H109N5. The minimum Gasteiger partial charge on any atom is -0.314 e. The quantitative estimate of drug-likeness (QED) is 0.110. The Balaban J connectivity index is 0.000000109. The van der Waals surface area contributed by atoms with Crippen LogP contribution in [-0.4, -0.2) is 23.3 Å². The first-order chi connectivity index (χ1) is 73.1. The van der Waals surface area contributed by atoms with Gasteiger partial charge >= 0.3 is 0 Å². The van der Waals surface area contributed by atoms with E-state index >= 15 is 0 Å². The molecule has 26 aromatic carbocycles. The molecule has 0 amide bonds. The molecular weight excluding hydrogens is 1810 g/mol. The number of fused-ring (bicyclic) bond motifs is 20. The zero-order chi connectivity index (χ0) is 101. The van der Waals surface area contributed by atoms with Crippen LogP contribution in [0.15, 0.2) is 443 Å². The van der Waals surface area contributed by atoms with Gasteiger partial charge in [-0.05, 0) is 398 Å². The molecule has 0 aliphatic carbocycles. The number of nitrogens with zero attached hydrogens (tertiary/aromatic N) is 5. The Morgan fingerprint density at radius 1 is 0.173 bits per heavy atom. The highest BCUT2D eigenvalue weighted by atomic mass is 15.1. The summed E-state index contributed by atoms with van der Waals surface area (Å²) in [5.74, 6) is 0.941. The van der Waals surface area contributed by atoms with Gasteiger partial charge in [0.25, 0.3) is 0 Å². The predicted molar refractivity (Wildman–Crippen MR) is 646 cm³/mol. The van der Waals surface area contributed by atoms with Crippen molar-refractivity contribution in [1.82, 2.24) is 23.3 Å². The zero-order valence-electron chi connectivity index (χ0n) is 86.4. The van der Waals surface area contributed by atoms with Gasteiger partial charge in [0, 0.05) is 61.0 Å². The summed E-state index contributed by atoms with van der Waals surface area (Å²) in [6.45, 7) is 27.7. The molecule has 714 valence electrons. The molecule has 30 aromatic rings. The van der Waals surface area contributed by atoms with Crippen molar-refractivity contribution in [2.45, 2.75) is 93.9 Å². The first-order valence-electron chi connectivity index (χ1n) is 52.8. The monoisotopic (exact) mass is 1920 g/mol. The van der Waals surface area contributed by atoms with Gasteiger partial charge in [-0.15, -0.1) is 0 Å². The van der Waals surface area contributed by atoms with Crippen LogP contribution in [0.3, 0.4) is 0 Å². The summed E-state index contributed by atoms with van der Waals surface area (Å²) in [5, 5.41) is 42.9. The number of aromatic nitrogens is 5. The lowest BCUT2D eigenvalue weighted by atomic mass is 9.73. The lowest BCUT2D eigenvalue weighted by molar-refractivity contribution is 0.593. The van der Waals surface area contributed by atoms with Crippen molar-refractivity contribution in [3.63, 3.8) is 0 Å². The van der Waals surface area contributed by atoms with Crippen molar-refractivity contribution in [2.75, 3.05) is 0 Å². The first kappa shape index (κ1) is 89.6. The Morgan fingerprint density at radius 2 is 0.500 bits per heavy atom. The van der Waals surface area contributed by atoms with E-state index in [-0.39, 0.29) is 10.8 Å². The summed E-state index contributed by atoms with van der Waals surface area (Å²) < 4.78 is 9.64. The van der Waals surface area contributed by atoms with Gasteiger partial charge in [0.05, 0.1) is 39.0 Å². The number of aryl methyl sites for hydroxylation is 3. The van der Waals surface area contributed by atoms with Gasteiger partial charge in [0.1, 0.15) is 5.82 Å². The van der Waals surface area contributed by atoms with E-state index in [1.807, 2.05) is 0 Å². The minimum absolute atomic E-state index is 0.00498. The summed E-state index contributed by atoms with van der Waals surface area (Å²) in [7, 11) is 0. The predicted octanol–water partition coefficient (Wildman–Crippen LogP) is 40.1. The smallest absolute Gasteiger partial charge is 0.145 e. The summed E-state index contributed by atoms with van der Waals surface area (Å²) >= 11 is 0. The normalized spacial score (nSPS) is 12.3. The number of hydrogen-bond donors (Lipinski definition) is 0. The van der Waals surface area contributed by atoms with Crippen molar-refractivity contribution in [3.8, 4) is 67.5 Å². The molecule has 0 saturated heterocycles. The lowest BCUT2D eigenvalue weighted by Gasteiger charge is -2.30. The van der Waals surface area contributed by atoms with E-state index in [9.17, 15) is 0 Å². The van der Waals surface area contributed by atoms with Crippen LogP contribution in [0.4, 0.5) is 0 Å². The van der Waals surface area contributed by atoms with Crippen LogP contribution in [0.2, 0.25) is 0 Å². The Labute approximate surface area is 871 Å². The molecule has 150 heavy (non-hydrogen) atoms. The maximum absolute atomic E-state index is 5.08. The highest BCUT2D eigenvalue weighted by molar-refractivity contribution is 6.26. The third-order valence-electron chi connectivity index (χ3n) is 33.1. The average molecular weight is 1920 g/mol. The van der Waals surface area contributed by atoms with E-state index in [1.54, 1.807) is 0 Å². The van der Waals surface area contributed by atoms with E-state index in [2.05, 4.69) is 544 Å². The molecule has 0 radical (unpaired) electrons. The molecule has 0 aliphatic rings. The molecule has 0 saturated carbocycles. The molecule has 0 bridgehead atoms. The first-order valence-corrected chi connectivity index (χ1v) is 52.8. The van der Waals surface area contributed by atoms with Gasteiger partial charge in [0.15, 0.2) is 0 Å². The van der Waals surface area contributed by atoms with Crippen LogP contribution in [0, 0.1) is 41.5 Å². The lowest BCUT2D eigenvalue weighted by Crippen LogP contribution is -2.17. The fraction of sp³-hybridized carbons (Fsp3) is 0.0966. The Hall–Kier alpha value is -18.0.